The molecule has 0 bridgehead atoms. The van der Waals surface area contributed by atoms with Crippen LogP contribution in [0.2, 0.25) is 0 Å². The Hall–Kier alpha value is -17.9. The number of likely N-dealkylation sites (N-methyl/N-ethyl adjacent to an activating group) is 2. The molecule has 26 heteroatoms. The van der Waals surface area contributed by atoms with Crippen molar-refractivity contribution in [2.75, 3.05) is 14.1 Å². The fraction of sp³-hybridized carbons (Fsp3) is 0.155. The summed E-state index contributed by atoms with van der Waals surface area (Å²) in [5, 5.41) is 0.609. The molecule has 0 spiro atoms. The lowest BCUT2D eigenvalue weighted by Crippen LogP contribution is -2.56. The Kier molecular flexibility index (Phi) is 26.7. The Morgan fingerprint density at radius 2 is 0.500 bits per heavy atom. The smallest absolute Gasteiger partial charge is 0.335 e. The first-order chi connectivity index (χ1) is 69.1. The first-order valence-corrected chi connectivity index (χ1v) is 46.4. The fourth-order valence-electron chi connectivity index (χ4n) is 18.8. The van der Waals surface area contributed by atoms with Crippen LogP contribution in [0.1, 0.15) is 117 Å². The van der Waals surface area contributed by atoms with Crippen LogP contribution in [0.25, 0.3) is 43.1 Å². The van der Waals surface area contributed by atoms with Crippen LogP contribution >= 0.6 is 0 Å². The molecule has 2 aliphatic carbocycles. The van der Waals surface area contributed by atoms with E-state index in [0.29, 0.717) is 36.8 Å². The number of esters is 4. The highest BCUT2D eigenvalue weighted by Crippen LogP contribution is 2.59. The number of rotatable bonds is 34. The van der Waals surface area contributed by atoms with Crippen LogP contribution in [0, 0.1) is 0 Å². The summed E-state index contributed by atoms with van der Waals surface area (Å²) in [6, 6.07) is 72.4. The van der Waals surface area contributed by atoms with E-state index in [9.17, 15) is 19.2 Å². The van der Waals surface area contributed by atoms with E-state index >= 15 is 28.8 Å². The second-order valence-electron chi connectivity index (χ2n) is 34.6. The van der Waals surface area contributed by atoms with E-state index in [4.69, 9.17) is 56.8 Å². The van der Waals surface area contributed by atoms with E-state index in [0.717, 1.165) is 72.6 Å². The van der Waals surface area contributed by atoms with Crippen molar-refractivity contribution in [3.63, 3.8) is 0 Å². The Morgan fingerprint density at radius 1 is 0.275 bits per heavy atom. The van der Waals surface area contributed by atoms with Crippen molar-refractivity contribution in [1.82, 2.24) is 19.6 Å². The lowest BCUT2D eigenvalue weighted by molar-refractivity contribution is -0.137. The van der Waals surface area contributed by atoms with Gasteiger partial charge in [0.1, 0.15) is 127 Å². The molecular formula is C116H92N4O22. The number of benzene rings is 15. The predicted molar refractivity (Wildman–Crippen MR) is 531 cm³/mol. The molecule has 15 aromatic rings. The highest BCUT2D eigenvalue weighted by Gasteiger charge is 2.48. The summed E-state index contributed by atoms with van der Waals surface area (Å²) in [6.07, 6.45) is 11.9. The highest BCUT2D eigenvalue weighted by atomic mass is 16.6. The van der Waals surface area contributed by atoms with Gasteiger partial charge in [0.25, 0.3) is 23.6 Å². The van der Waals surface area contributed by atoms with E-state index in [1.165, 1.54) is 48.5 Å². The van der Waals surface area contributed by atoms with Gasteiger partial charge in [-0.05, 0) is 207 Å². The zero-order valence-corrected chi connectivity index (χ0v) is 77.3. The van der Waals surface area contributed by atoms with Crippen LogP contribution < -0.4 is 56.8 Å². The minimum absolute atomic E-state index is 0.0327. The topological polar surface area (TPSA) is 294 Å². The summed E-state index contributed by atoms with van der Waals surface area (Å²) in [6.45, 7) is 14.1. The number of fused-ring (bicyclic) bond motifs is 2. The third-order valence-corrected chi connectivity index (χ3v) is 25.6. The van der Waals surface area contributed by atoms with Gasteiger partial charge in [-0.2, -0.15) is 0 Å². The summed E-state index contributed by atoms with van der Waals surface area (Å²) in [5.74, 6) is -4.25. The summed E-state index contributed by atoms with van der Waals surface area (Å²) in [4.78, 5) is 156. The van der Waals surface area contributed by atoms with Crippen LogP contribution in [-0.2, 0) is 41.6 Å². The van der Waals surface area contributed by atoms with Crippen LogP contribution in [0.4, 0.5) is 0 Å². The number of hydrogen-bond acceptors (Lipinski definition) is 22. The normalized spacial score (nSPS) is 14.0. The van der Waals surface area contributed by atoms with Gasteiger partial charge in [-0.15, -0.1) is 0 Å². The van der Waals surface area contributed by atoms with Gasteiger partial charge in [0, 0.05) is 131 Å². The molecule has 26 nitrogen and oxygen atoms in total. The van der Waals surface area contributed by atoms with Crippen molar-refractivity contribution in [3.05, 3.63) is 363 Å². The Balaban J connectivity index is 0.899. The second-order valence-corrected chi connectivity index (χ2v) is 34.6. The van der Waals surface area contributed by atoms with Gasteiger partial charge >= 0.3 is 23.9 Å². The molecule has 2 atom stereocenters. The lowest BCUT2D eigenvalue weighted by atomic mass is 9.80. The maximum atomic E-state index is 17.2. The zero-order chi connectivity index (χ0) is 98.3. The van der Waals surface area contributed by atoms with Gasteiger partial charge in [0.15, 0.2) is 0 Å². The first-order valence-electron chi connectivity index (χ1n) is 46.4. The Bertz CT molecular complexity index is 6740. The summed E-state index contributed by atoms with van der Waals surface area (Å²) < 4.78 is 77.4. The van der Waals surface area contributed by atoms with Crippen molar-refractivity contribution in [3.8, 4) is 115 Å². The van der Waals surface area contributed by atoms with Crippen LogP contribution in [0.3, 0.4) is 0 Å². The molecule has 4 aliphatic rings. The van der Waals surface area contributed by atoms with E-state index in [1.807, 2.05) is 60.7 Å². The molecule has 6 amide bonds. The molecule has 15 aromatic carbocycles. The molecular weight excluding hydrogens is 1800 g/mol. The summed E-state index contributed by atoms with van der Waals surface area (Å²) in [7, 11) is 3.42. The molecule has 19 rings (SSSR count). The van der Waals surface area contributed by atoms with Crippen LogP contribution in [0.15, 0.2) is 330 Å². The number of carbonyl (C=O) groups excluding carboxylic acids is 10. The van der Waals surface area contributed by atoms with Gasteiger partial charge < -0.3 is 66.6 Å². The van der Waals surface area contributed by atoms with E-state index < -0.39 is 71.4 Å². The molecule has 0 N–H and O–H groups in total. The average Bonchev–Trinajstić information content (AvgIpc) is 0.668. The largest absolute Gasteiger partial charge is 0.457 e. The fourth-order valence-corrected chi connectivity index (χ4v) is 18.8. The van der Waals surface area contributed by atoms with Crippen molar-refractivity contribution >= 4 is 102 Å². The molecule has 2 fully saturated rings. The quantitative estimate of drug-likeness (QED) is 0.00903. The Labute approximate surface area is 815 Å². The molecule has 2 aliphatic heterocycles. The Morgan fingerprint density at radius 3 is 0.732 bits per heavy atom. The third kappa shape index (κ3) is 19.6. The van der Waals surface area contributed by atoms with Gasteiger partial charge in [0.2, 0.25) is 11.8 Å². The number of hydrogen-bond donors (Lipinski definition) is 0. The number of carbonyl (C=O) groups is 10. The lowest BCUT2D eigenvalue weighted by Gasteiger charge is -2.39. The maximum Gasteiger partial charge on any atom is 0.335 e. The first kappa shape index (κ1) is 93.1. The molecule has 0 saturated heterocycles. The standard InChI is InChI=1S/C116H92N4O22/c1-7-99(121)139-85-39-23-35-81(61-85)131-73-43-51-77(52-44-73)135-95-65-89-103-90(112(126)119(111(89)125)93(59-69-27-15-11-16-28-69)115(129)117(5)71-31-19-13-20-32-71)67-97(137-79-55-47-75(48-56-79)133-83-37-25-41-87(63-83)141-101(123)9-3)107-108-98(138-80-57-49-76(50-58-80)134-84-38-26-42-88(64-84)142-102(124)10-4)68-92-104-91(113(127)120(114(92)128)94(60-70-29-17-12-18-30-70)116(130)118(6)72-33-21-14-22-34-72)66-96(106(110(104)108)105(95)109(103)107)136-78-53-45-74(46-54-78)132-82-36-24-40-86(62-82)140-100(122)8-2/h7-12,15-18,23-30,35-58,61-68,71-72,93-94H,1-4,13-14,19-22,31-34,59-60H2,5-6H3. The summed E-state index contributed by atoms with van der Waals surface area (Å²) in [5.41, 5.74) is 0.762. The van der Waals surface area contributed by atoms with Crippen LogP contribution in [0.5, 0.6) is 115 Å². The molecule has 142 heavy (non-hydrogen) atoms. The molecule has 2 saturated carbocycles. The van der Waals surface area contributed by atoms with Gasteiger partial charge in [-0.3, -0.25) is 38.6 Å². The molecule has 708 valence electrons. The molecule has 0 aromatic heterocycles. The number of imide groups is 2. The second kappa shape index (κ2) is 40.8. The van der Waals surface area contributed by atoms with Crippen molar-refractivity contribution < 1.29 is 105 Å². The van der Waals surface area contributed by atoms with Crippen molar-refractivity contribution in [1.29, 1.82) is 0 Å². The van der Waals surface area contributed by atoms with Gasteiger partial charge in [0.05, 0.1) is 22.3 Å². The monoisotopic (exact) mass is 1890 g/mol. The van der Waals surface area contributed by atoms with E-state index in [1.54, 1.807) is 194 Å². The molecule has 0 radical (unpaired) electrons. The molecule has 2 unspecified atom stereocenters. The van der Waals surface area contributed by atoms with Gasteiger partial charge in [-0.25, -0.2) is 19.2 Å². The highest BCUT2D eigenvalue weighted by molar-refractivity contribution is 6.45. The zero-order valence-electron chi connectivity index (χ0n) is 77.3. The predicted octanol–water partition coefficient (Wildman–Crippen LogP) is 24.4. The third-order valence-electron chi connectivity index (χ3n) is 25.6. The number of nitrogens with zero attached hydrogens (tertiary/aromatic N) is 4. The molecule has 2 heterocycles. The van der Waals surface area contributed by atoms with E-state index in [-0.39, 0.29) is 205 Å². The maximum absolute atomic E-state index is 17.2. The van der Waals surface area contributed by atoms with E-state index in [2.05, 4.69) is 26.3 Å². The average molecular weight is 1890 g/mol. The minimum atomic E-state index is -1.49. The summed E-state index contributed by atoms with van der Waals surface area (Å²) >= 11 is 0. The van der Waals surface area contributed by atoms with Crippen molar-refractivity contribution in [2.24, 2.45) is 0 Å². The number of ether oxygens (including phenoxy) is 12. The minimum Gasteiger partial charge on any atom is -0.457 e. The van der Waals surface area contributed by atoms with Gasteiger partial charge in [-0.1, -0.05) is 150 Å². The SMILES string of the molecule is C=CC(=O)Oc1cccc(Oc2ccc(Oc3cc4c5c(cc(Oc6ccc(Oc7cccc(OC(=O)C=C)c7)cc6)c6c7c(Oc8ccc(Oc9cccc(OC(=O)C=C)c9)cc8)cc8c9c(cc(Oc%10ccc(Oc%11cccc(OC(=O)C=C)c%11)cc%10)c(c3c56)c97)C(=O)N(C(Cc3ccccc3)C(=O)N(C)C3CCCCC3)C8=O)C(=O)N(C(Cc3ccccc3)C(=O)N(C)C3CCCCC3)C4=O)cc2)c1. The van der Waals surface area contributed by atoms with Crippen molar-refractivity contribution in [2.45, 2.75) is 101 Å². The number of amides is 6. The van der Waals surface area contributed by atoms with Crippen LogP contribution in [-0.4, -0.2) is 117 Å².